The minimum absolute atomic E-state index is 0.0520. The molecule has 1 atom stereocenters. The molecule has 0 bridgehead atoms. The Balaban J connectivity index is 2.31. The van der Waals surface area contributed by atoms with E-state index in [-0.39, 0.29) is 18.6 Å². The zero-order valence-corrected chi connectivity index (χ0v) is 9.84. The van der Waals surface area contributed by atoms with E-state index in [9.17, 15) is 14.4 Å². The summed E-state index contributed by atoms with van der Waals surface area (Å²) in [6, 6.07) is -0.0713. The maximum absolute atomic E-state index is 11.2. The van der Waals surface area contributed by atoms with Crippen LogP contribution < -0.4 is 0 Å². The first-order chi connectivity index (χ1) is 8.04. The van der Waals surface area contributed by atoms with Crippen molar-refractivity contribution in [3.63, 3.8) is 0 Å². The molecule has 0 aromatic heterocycles. The van der Waals surface area contributed by atoms with Gasteiger partial charge in [-0.2, -0.15) is 0 Å². The van der Waals surface area contributed by atoms with E-state index in [0.717, 1.165) is 12.2 Å². The van der Waals surface area contributed by atoms with Crippen LogP contribution in [0.15, 0.2) is 12.2 Å². The third-order valence-corrected chi connectivity index (χ3v) is 2.61. The van der Waals surface area contributed by atoms with Gasteiger partial charge < -0.3 is 14.4 Å². The van der Waals surface area contributed by atoms with Crippen LogP contribution in [0.1, 0.15) is 12.8 Å². The maximum atomic E-state index is 11.2. The van der Waals surface area contributed by atoms with Crippen molar-refractivity contribution in [3.05, 3.63) is 12.2 Å². The number of amides is 1. The molecule has 0 saturated carbocycles. The van der Waals surface area contributed by atoms with Crippen LogP contribution in [0.4, 0.5) is 0 Å². The van der Waals surface area contributed by atoms with Gasteiger partial charge >= 0.3 is 11.9 Å². The fraction of sp³-hybridized carbons (Fsp3) is 0.545. The number of nitrogens with zero attached hydrogens (tertiary/aromatic N) is 1. The van der Waals surface area contributed by atoms with Gasteiger partial charge in [0.25, 0.3) is 0 Å². The summed E-state index contributed by atoms with van der Waals surface area (Å²) in [5, 5.41) is 0. The van der Waals surface area contributed by atoms with Crippen molar-refractivity contribution in [2.24, 2.45) is 0 Å². The number of esters is 2. The second-order valence-electron chi connectivity index (χ2n) is 3.68. The number of methoxy groups -OCH3 is 1. The molecule has 1 amide bonds. The van der Waals surface area contributed by atoms with Crippen LogP contribution in [0, 0.1) is 0 Å². The topological polar surface area (TPSA) is 72.9 Å². The minimum Gasteiger partial charge on any atom is -0.466 e. The summed E-state index contributed by atoms with van der Waals surface area (Å²) in [5.74, 6) is -1.19. The molecule has 1 heterocycles. The van der Waals surface area contributed by atoms with Crippen molar-refractivity contribution in [1.29, 1.82) is 0 Å². The lowest BCUT2D eigenvalue weighted by molar-refractivity contribution is -0.141. The van der Waals surface area contributed by atoms with E-state index in [1.165, 1.54) is 7.11 Å². The van der Waals surface area contributed by atoms with Crippen LogP contribution in [0.2, 0.25) is 0 Å². The van der Waals surface area contributed by atoms with E-state index in [2.05, 4.69) is 4.74 Å². The lowest BCUT2D eigenvalue weighted by Gasteiger charge is -2.18. The number of hydrogen-bond donors (Lipinski definition) is 0. The lowest BCUT2D eigenvalue weighted by Crippen LogP contribution is -2.32. The van der Waals surface area contributed by atoms with Crippen molar-refractivity contribution < 1.29 is 23.9 Å². The first-order valence-corrected chi connectivity index (χ1v) is 5.23. The van der Waals surface area contributed by atoms with Gasteiger partial charge in [-0.05, 0) is 6.42 Å². The largest absolute Gasteiger partial charge is 0.466 e. The zero-order chi connectivity index (χ0) is 12.8. The van der Waals surface area contributed by atoms with E-state index in [1.54, 1.807) is 11.9 Å². The van der Waals surface area contributed by atoms with Crippen molar-refractivity contribution >= 4 is 17.8 Å². The van der Waals surface area contributed by atoms with Gasteiger partial charge in [0.1, 0.15) is 6.61 Å². The first-order valence-electron chi connectivity index (χ1n) is 5.23. The molecule has 6 heteroatoms. The Hall–Kier alpha value is -1.85. The van der Waals surface area contributed by atoms with Crippen molar-refractivity contribution in [3.8, 4) is 0 Å². The highest BCUT2D eigenvalue weighted by Gasteiger charge is 2.28. The molecule has 6 nitrogen and oxygen atoms in total. The maximum Gasteiger partial charge on any atom is 0.331 e. The Bertz CT molecular complexity index is 350. The summed E-state index contributed by atoms with van der Waals surface area (Å²) in [6.45, 7) is 0.145. The van der Waals surface area contributed by atoms with Crippen LogP contribution in [0.5, 0.6) is 0 Å². The zero-order valence-electron chi connectivity index (χ0n) is 9.84. The van der Waals surface area contributed by atoms with Crippen molar-refractivity contribution in [2.75, 3.05) is 20.8 Å². The molecule has 1 aliphatic rings. The number of hydrogen-bond acceptors (Lipinski definition) is 5. The third-order valence-electron chi connectivity index (χ3n) is 2.61. The minimum atomic E-state index is -0.622. The molecule has 0 aliphatic carbocycles. The molecule has 0 N–H and O–H groups in total. The van der Waals surface area contributed by atoms with E-state index in [4.69, 9.17) is 4.74 Å². The van der Waals surface area contributed by atoms with Crippen LogP contribution in [0.3, 0.4) is 0 Å². The van der Waals surface area contributed by atoms with Crippen molar-refractivity contribution in [1.82, 2.24) is 4.90 Å². The van der Waals surface area contributed by atoms with Gasteiger partial charge in [0.2, 0.25) is 5.91 Å². The SMILES string of the molecule is COC(=O)/C=C/C(=O)OCC1CCC(=O)N1C. The van der Waals surface area contributed by atoms with Crippen LogP contribution in [0.25, 0.3) is 0 Å². The molecule has 0 radical (unpaired) electrons. The first kappa shape index (κ1) is 13.2. The fourth-order valence-corrected chi connectivity index (χ4v) is 1.49. The number of ether oxygens (including phenoxy) is 2. The highest BCUT2D eigenvalue weighted by molar-refractivity contribution is 5.91. The number of likely N-dealkylation sites (tertiary alicyclic amines) is 1. The number of rotatable bonds is 4. The van der Waals surface area contributed by atoms with Crippen LogP contribution in [-0.4, -0.2) is 49.6 Å². The standard InChI is InChI=1S/C11H15NO5/c1-12-8(3-4-9(12)13)7-17-11(15)6-5-10(14)16-2/h5-6,8H,3-4,7H2,1-2H3/b6-5+. The van der Waals surface area contributed by atoms with Gasteiger partial charge in [0.05, 0.1) is 13.2 Å². The Labute approximate surface area is 99.2 Å². The monoisotopic (exact) mass is 241 g/mol. The second kappa shape index (κ2) is 6.03. The summed E-state index contributed by atoms with van der Waals surface area (Å²) in [7, 11) is 2.90. The van der Waals surface area contributed by atoms with Crippen LogP contribution >= 0.6 is 0 Å². The molecule has 0 aromatic rings. The second-order valence-corrected chi connectivity index (χ2v) is 3.68. The molecule has 1 fully saturated rings. The van der Waals surface area contributed by atoms with Crippen LogP contribution in [-0.2, 0) is 23.9 Å². The Morgan fingerprint density at radius 3 is 2.59 bits per heavy atom. The number of carbonyl (C=O) groups is 3. The van der Waals surface area contributed by atoms with Gasteiger partial charge in [0, 0.05) is 25.6 Å². The molecule has 94 valence electrons. The highest BCUT2D eigenvalue weighted by atomic mass is 16.5. The van der Waals surface area contributed by atoms with E-state index >= 15 is 0 Å². The Morgan fingerprint density at radius 2 is 2.06 bits per heavy atom. The quantitative estimate of drug-likeness (QED) is 0.507. The normalized spacial score (nSPS) is 19.8. The summed E-state index contributed by atoms with van der Waals surface area (Å²) >= 11 is 0. The predicted octanol–water partition coefficient (Wildman–Crippen LogP) is -0.120. The van der Waals surface area contributed by atoms with E-state index in [1.807, 2.05) is 0 Å². The van der Waals surface area contributed by atoms with Gasteiger partial charge in [-0.3, -0.25) is 4.79 Å². The van der Waals surface area contributed by atoms with Gasteiger partial charge in [-0.25, -0.2) is 9.59 Å². The number of likely N-dealkylation sites (N-methyl/N-ethyl adjacent to an activating group) is 1. The average Bonchev–Trinajstić information content (AvgIpc) is 2.64. The lowest BCUT2D eigenvalue weighted by atomic mass is 10.2. The summed E-state index contributed by atoms with van der Waals surface area (Å²) in [5.41, 5.74) is 0. The summed E-state index contributed by atoms with van der Waals surface area (Å²) in [4.78, 5) is 34.7. The fourth-order valence-electron chi connectivity index (χ4n) is 1.49. The summed E-state index contributed by atoms with van der Waals surface area (Å²) < 4.78 is 9.24. The van der Waals surface area contributed by atoms with Gasteiger partial charge in [-0.1, -0.05) is 0 Å². The molecule has 0 spiro atoms. The van der Waals surface area contributed by atoms with Gasteiger partial charge in [0.15, 0.2) is 0 Å². The Morgan fingerprint density at radius 1 is 1.41 bits per heavy atom. The van der Waals surface area contributed by atoms with E-state index < -0.39 is 11.9 Å². The molecule has 0 aromatic carbocycles. The van der Waals surface area contributed by atoms with E-state index in [0.29, 0.717) is 12.8 Å². The average molecular weight is 241 g/mol. The molecule has 1 aliphatic heterocycles. The Kier molecular flexibility index (Phi) is 4.68. The third kappa shape index (κ3) is 3.90. The molecular formula is C11H15NO5. The summed E-state index contributed by atoms with van der Waals surface area (Å²) in [6.07, 6.45) is 3.16. The highest BCUT2D eigenvalue weighted by Crippen LogP contribution is 2.16. The predicted molar refractivity (Wildman–Crippen MR) is 57.9 cm³/mol. The molecular weight excluding hydrogens is 226 g/mol. The smallest absolute Gasteiger partial charge is 0.331 e. The number of carbonyl (C=O) groups excluding carboxylic acids is 3. The van der Waals surface area contributed by atoms with Crippen molar-refractivity contribution in [2.45, 2.75) is 18.9 Å². The molecule has 1 unspecified atom stereocenters. The van der Waals surface area contributed by atoms with Gasteiger partial charge in [-0.15, -0.1) is 0 Å². The molecule has 1 saturated heterocycles. The molecule has 17 heavy (non-hydrogen) atoms. The molecule has 1 rings (SSSR count).